The number of likely N-dealkylation sites (N-methyl/N-ethyl adjacent to an activating group) is 1. The number of nitrogens with one attached hydrogen (secondary N) is 1. The molecule has 1 aromatic rings. The lowest BCUT2D eigenvalue weighted by Gasteiger charge is -2.27. The molecule has 1 aliphatic heterocycles. The van der Waals surface area contributed by atoms with Crippen molar-refractivity contribution >= 4 is 11.7 Å². The molecule has 1 atom stereocenters. The number of nitrogens with zero attached hydrogens (tertiary/aromatic N) is 3. The van der Waals surface area contributed by atoms with Crippen LogP contribution in [0.15, 0.2) is 24.7 Å². The van der Waals surface area contributed by atoms with E-state index >= 15 is 0 Å². The standard InChI is InChI=1S/C9H10N4O2/c1-13-8(14)4-7(12-9(13)15)6-2-3-10-5-11-6/h2-5,8,14H,1H3,(H,12,15). The molecule has 1 aromatic heterocycles. The van der Waals surface area contributed by atoms with Crippen LogP contribution in [0.3, 0.4) is 0 Å². The fraction of sp³-hybridized carbons (Fsp3) is 0.222. The quantitative estimate of drug-likeness (QED) is 0.666. The van der Waals surface area contributed by atoms with Gasteiger partial charge in [-0.2, -0.15) is 0 Å². The molecule has 0 saturated carbocycles. The fourth-order valence-electron chi connectivity index (χ4n) is 1.23. The first-order valence-corrected chi connectivity index (χ1v) is 4.38. The second-order valence-corrected chi connectivity index (χ2v) is 3.13. The highest BCUT2D eigenvalue weighted by atomic mass is 16.3. The lowest BCUT2D eigenvalue weighted by Crippen LogP contribution is -2.46. The minimum absolute atomic E-state index is 0.362. The Hall–Kier alpha value is -1.95. The molecule has 0 radical (unpaired) electrons. The van der Waals surface area contributed by atoms with Gasteiger partial charge in [-0.05, 0) is 12.1 Å². The number of aliphatic hydroxyl groups excluding tert-OH is 1. The summed E-state index contributed by atoms with van der Waals surface area (Å²) >= 11 is 0. The maximum absolute atomic E-state index is 11.4. The van der Waals surface area contributed by atoms with E-state index in [4.69, 9.17) is 0 Å². The van der Waals surface area contributed by atoms with Gasteiger partial charge in [0.15, 0.2) is 6.23 Å². The molecule has 2 rings (SSSR count). The molecular formula is C9H10N4O2. The van der Waals surface area contributed by atoms with Crippen LogP contribution in [-0.2, 0) is 0 Å². The average Bonchev–Trinajstić information content (AvgIpc) is 2.26. The molecule has 6 nitrogen and oxygen atoms in total. The van der Waals surface area contributed by atoms with Crippen LogP contribution in [0, 0.1) is 0 Å². The van der Waals surface area contributed by atoms with E-state index in [9.17, 15) is 9.90 Å². The Kier molecular flexibility index (Phi) is 2.34. The topological polar surface area (TPSA) is 78.4 Å². The smallest absolute Gasteiger partial charge is 0.323 e. The van der Waals surface area contributed by atoms with Crippen molar-refractivity contribution in [1.82, 2.24) is 20.2 Å². The van der Waals surface area contributed by atoms with E-state index in [0.717, 1.165) is 0 Å². The van der Waals surface area contributed by atoms with E-state index in [2.05, 4.69) is 15.3 Å². The number of aromatic nitrogens is 2. The van der Waals surface area contributed by atoms with E-state index in [-0.39, 0.29) is 6.03 Å². The number of rotatable bonds is 1. The van der Waals surface area contributed by atoms with E-state index in [1.165, 1.54) is 24.4 Å². The van der Waals surface area contributed by atoms with Crippen molar-refractivity contribution < 1.29 is 9.90 Å². The number of carbonyl (C=O) groups is 1. The van der Waals surface area contributed by atoms with Crippen LogP contribution in [-0.4, -0.2) is 39.3 Å². The van der Waals surface area contributed by atoms with Gasteiger partial charge in [0.1, 0.15) is 6.33 Å². The first-order valence-electron chi connectivity index (χ1n) is 4.38. The van der Waals surface area contributed by atoms with Gasteiger partial charge in [0.05, 0.1) is 11.4 Å². The summed E-state index contributed by atoms with van der Waals surface area (Å²) in [5, 5.41) is 12.1. The SMILES string of the molecule is CN1C(=O)NC(c2ccncn2)=CC1O. The van der Waals surface area contributed by atoms with Gasteiger partial charge >= 0.3 is 6.03 Å². The molecule has 0 aromatic carbocycles. The average molecular weight is 206 g/mol. The second-order valence-electron chi connectivity index (χ2n) is 3.13. The number of urea groups is 1. The van der Waals surface area contributed by atoms with Crippen LogP contribution in [0.1, 0.15) is 5.69 Å². The first kappa shape index (κ1) is 9.60. The molecule has 2 amide bonds. The number of amides is 2. The van der Waals surface area contributed by atoms with E-state index in [1.54, 1.807) is 12.3 Å². The summed E-state index contributed by atoms with van der Waals surface area (Å²) < 4.78 is 0. The highest BCUT2D eigenvalue weighted by molar-refractivity contribution is 5.87. The monoisotopic (exact) mass is 206 g/mol. The molecular weight excluding hydrogens is 196 g/mol. The third-order valence-electron chi connectivity index (χ3n) is 2.13. The molecule has 0 bridgehead atoms. The van der Waals surface area contributed by atoms with Gasteiger partial charge in [0, 0.05) is 13.2 Å². The van der Waals surface area contributed by atoms with E-state index < -0.39 is 6.23 Å². The van der Waals surface area contributed by atoms with Crippen LogP contribution in [0.25, 0.3) is 5.70 Å². The van der Waals surface area contributed by atoms with Gasteiger partial charge in [0.25, 0.3) is 0 Å². The van der Waals surface area contributed by atoms with Crippen LogP contribution in [0.5, 0.6) is 0 Å². The lowest BCUT2D eigenvalue weighted by molar-refractivity contribution is 0.0818. The summed E-state index contributed by atoms with van der Waals surface area (Å²) in [7, 11) is 1.51. The predicted molar refractivity (Wildman–Crippen MR) is 52.3 cm³/mol. The molecule has 2 heterocycles. The summed E-state index contributed by atoms with van der Waals surface area (Å²) in [5.74, 6) is 0. The van der Waals surface area contributed by atoms with E-state index in [0.29, 0.717) is 11.4 Å². The van der Waals surface area contributed by atoms with Crippen molar-refractivity contribution in [2.45, 2.75) is 6.23 Å². The number of aliphatic hydroxyl groups is 1. The van der Waals surface area contributed by atoms with Gasteiger partial charge in [-0.3, -0.25) is 4.90 Å². The molecule has 0 spiro atoms. The van der Waals surface area contributed by atoms with Crippen LogP contribution < -0.4 is 5.32 Å². The molecule has 15 heavy (non-hydrogen) atoms. The summed E-state index contributed by atoms with van der Waals surface area (Å²) in [5.41, 5.74) is 1.07. The van der Waals surface area contributed by atoms with Gasteiger partial charge in [-0.1, -0.05) is 0 Å². The number of hydrogen-bond donors (Lipinski definition) is 2. The summed E-state index contributed by atoms with van der Waals surface area (Å²) in [6, 6.07) is 1.29. The maximum atomic E-state index is 11.4. The molecule has 0 aliphatic carbocycles. The normalized spacial score (nSPS) is 20.9. The zero-order valence-electron chi connectivity index (χ0n) is 8.08. The van der Waals surface area contributed by atoms with Crippen LogP contribution in [0.2, 0.25) is 0 Å². The summed E-state index contributed by atoms with van der Waals surface area (Å²) in [6.45, 7) is 0. The summed E-state index contributed by atoms with van der Waals surface area (Å²) in [6.07, 6.45) is 3.54. The second kappa shape index (κ2) is 3.66. The Morgan fingerprint density at radius 1 is 1.60 bits per heavy atom. The molecule has 1 unspecified atom stereocenters. The third-order valence-corrected chi connectivity index (χ3v) is 2.13. The zero-order valence-corrected chi connectivity index (χ0v) is 8.08. The molecule has 0 saturated heterocycles. The molecule has 78 valence electrons. The van der Waals surface area contributed by atoms with Gasteiger partial charge < -0.3 is 10.4 Å². The minimum atomic E-state index is -0.927. The van der Waals surface area contributed by atoms with Crippen LogP contribution in [0.4, 0.5) is 4.79 Å². The molecule has 1 aliphatic rings. The van der Waals surface area contributed by atoms with Crippen LogP contribution >= 0.6 is 0 Å². The predicted octanol–water partition coefficient (Wildman–Crippen LogP) is -0.209. The van der Waals surface area contributed by atoms with Crippen molar-refractivity contribution in [2.75, 3.05) is 7.05 Å². The van der Waals surface area contributed by atoms with Gasteiger partial charge in [-0.25, -0.2) is 14.8 Å². The Balaban J connectivity index is 2.32. The lowest BCUT2D eigenvalue weighted by atomic mass is 10.2. The largest absolute Gasteiger partial charge is 0.370 e. The van der Waals surface area contributed by atoms with Crippen molar-refractivity contribution in [2.24, 2.45) is 0 Å². The minimum Gasteiger partial charge on any atom is -0.370 e. The zero-order chi connectivity index (χ0) is 10.8. The molecule has 6 heteroatoms. The number of hydrogen-bond acceptors (Lipinski definition) is 4. The highest BCUT2D eigenvalue weighted by Gasteiger charge is 2.23. The Bertz CT molecular complexity index is 404. The van der Waals surface area contributed by atoms with Gasteiger partial charge in [0.2, 0.25) is 0 Å². The number of carbonyl (C=O) groups excluding carboxylic acids is 1. The third kappa shape index (κ3) is 1.79. The fourth-order valence-corrected chi connectivity index (χ4v) is 1.23. The highest BCUT2D eigenvalue weighted by Crippen LogP contribution is 2.14. The molecule has 2 N–H and O–H groups in total. The Morgan fingerprint density at radius 2 is 2.40 bits per heavy atom. The maximum Gasteiger partial charge on any atom is 0.323 e. The van der Waals surface area contributed by atoms with Crippen molar-refractivity contribution in [1.29, 1.82) is 0 Å². The summed E-state index contributed by atoms with van der Waals surface area (Å²) in [4.78, 5) is 20.3. The van der Waals surface area contributed by atoms with Crippen molar-refractivity contribution in [3.05, 3.63) is 30.4 Å². The first-order chi connectivity index (χ1) is 7.18. The van der Waals surface area contributed by atoms with Crippen molar-refractivity contribution in [3.8, 4) is 0 Å². The Morgan fingerprint density at radius 3 is 3.00 bits per heavy atom. The molecule has 0 fully saturated rings. The van der Waals surface area contributed by atoms with E-state index in [1.807, 2.05) is 0 Å². The van der Waals surface area contributed by atoms with Gasteiger partial charge in [-0.15, -0.1) is 0 Å². The van der Waals surface area contributed by atoms with Crippen molar-refractivity contribution in [3.63, 3.8) is 0 Å². The Labute approximate surface area is 86.3 Å².